The van der Waals surface area contributed by atoms with E-state index in [4.69, 9.17) is 9.11 Å². The van der Waals surface area contributed by atoms with Crippen molar-refractivity contribution in [3.8, 4) is 0 Å². The van der Waals surface area contributed by atoms with Gasteiger partial charge in [-0.25, -0.2) is 21.8 Å². The van der Waals surface area contributed by atoms with Crippen LogP contribution >= 0.6 is 0 Å². The fourth-order valence-corrected chi connectivity index (χ4v) is 2.09. The molecule has 0 aliphatic rings. The van der Waals surface area contributed by atoms with Crippen LogP contribution in [0.15, 0.2) is 9.79 Å². The van der Waals surface area contributed by atoms with Gasteiger partial charge in [0, 0.05) is 0 Å². The molecule has 0 radical (unpaired) electrons. The minimum atomic E-state index is -5.56. The van der Waals surface area contributed by atoms with Gasteiger partial charge in [0.25, 0.3) is 0 Å². The van der Waals surface area contributed by atoms with E-state index in [2.05, 4.69) is 0 Å². The largest absolute Gasteiger partial charge is 0.302 e. The highest BCUT2D eigenvalue weighted by Gasteiger charge is 2.33. The maximum Gasteiger partial charge on any atom is 0.300 e. The van der Waals surface area contributed by atoms with Crippen molar-refractivity contribution in [1.29, 1.82) is 0 Å². The minimum Gasteiger partial charge on any atom is -0.302 e. The summed E-state index contributed by atoms with van der Waals surface area (Å²) in [5.41, 5.74) is 0. The van der Waals surface area contributed by atoms with Gasteiger partial charge < -0.3 is 4.55 Å². The quantitative estimate of drug-likeness (QED) is 0.368. The lowest BCUT2D eigenvalue weighted by molar-refractivity contribution is 0.379. The first-order valence-corrected chi connectivity index (χ1v) is 6.08. The molecule has 0 aromatic heterocycles. The van der Waals surface area contributed by atoms with E-state index in [1.54, 1.807) is 0 Å². The van der Waals surface area contributed by atoms with E-state index < -0.39 is 54.3 Å². The van der Waals surface area contributed by atoms with Crippen LogP contribution in [0.1, 0.15) is 0 Å². The van der Waals surface area contributed by atoms with E-state index in [1.165, 1.54) is 0 Å². The average molecular weight is 294 g/mol. The van der Waals surface area contributed by atoms with Crippen LogP contribution in [0.25, 0.3) is 0 Å². The molecule has 1 atom stereocenters. The Labute approximate surface area is 94.1 Å². The second-order valence-electron chi connectivity index (χ2n) is 2.64. The van der Waals surface area contributed by atoms with Crippen LogP contribution in [0.2, 0.25) is 0 Å². The molecule has 1 aromatic carbocycles. The molecule has 0 spiro atoms. The summed E-state index contributed by atoms with van der Waals surface area (Å²) in [4.78, 5) is -4.14. The molecule has 0 aliphatic carbocycles. The van der Waals surface area contributed by atoms with E-state index in [0.717, 1.165) is 0 Å². The van der Waals surface area contributed by atoms with E-state index in [1.807, 2.05) is 0 Å². The van der Waals surface area contributed by atoms with Gasteiger partial charge in [0.05, 0.1) is 0 Å². The first kappa shape index (κ1) is 14.0. The van der Waals surface area contributed by atoms with Gasteiger partial charge in [0.1, 0.15) is 4.90 Å². The first-order chi connectivity index (χ1) is 7.59. The van der Waals surface area contributed by atoms with Gasteiger partial charge >= 0.3 is 10.1 Å². The van der Waals surface area contributed by atoms with Crippen molar-refractivity contribution < 1.29 is 39.3 Å². The third-order valence-electron chi connectivity index (χ3n) is 1.62. The highest BCUT2D eigenvalue weighted by atomic mass is 32.2. The smallest absolute Gasteiger partial charge is 0.300 e. The first-order valence-electron chi connectivity index (χ1n) is 3.53. The number of hydrogen-bond donors (Lipinski definition) is 2. The molecule has 0 fully saturated rings. The summed E-state index contributed by atoms with van der Waals surface area (Å²) in [6.07, 6.45) is 0. The number of rotatable bonds is 2. The highest BCUT2D eigenvalue weighted by Crippen LogP contribution is 2.28. The Bertz CT molecular complexity index is 582. The zero-order chi connectivity index (χ0) is 13.5. The third kappa shape index (κ3) is 2.31. The van der Waals surface area contributed by atoms with Gasteiger partial charge in [-0.2, -0.15) is 8.42 Å². The molecule has 0 aliphatic heterocycles. The van der Waals surface area contributed by atoms with E-state index in [9.17, 15) is 30.2 Å². The fraction of sp³-hybridized carbons (Fsp3) is 0. The van der Waals surface area contributed by atoms with Crippen LogP contribution in [0.3, 0.4) is 0 Å². The molecule has 0 amide bonds. The molecule has 17 heavy (non-hydrogen) atoms. The Morgan fingerprint density at radius 1 is 0.941 bits per heavy atom. The van der Waals surface area contributed by atoms with Crippen molar-refractivity contribution in [2.75, 3.05) is 0 Å². The second kappa shape index (κ2) is 4.33. The van der Waals surface area contributed by atoms with Gasteiger partial charge in [0.2, 0.25) is 0 Å². The van der Waals surface area contributed by atoms with Gasteiger partial charge in [0.15, 0.2) is 39.2 Å². The van der Waals surface area contributed by atoms with Gasteiger partial charge in [-0.05, 0) is 0 Å². The summed E-state index contributed by atoms with van der Waals surface area (Å²) in [7, 11) is -5.56. The summed E-state index contributed by atoms with van der Waals surface area (Å²) in [5, 5.41) is 0. The summed E-state index contributed by atoms with van der Waals surface area (Å²) >= 11 is -3.41. The Morgan fingerprint density at radius 2 is 1.29 bits per heavy atom. The molecule has 96 valence electrons. The van der Waals surface area contributed by atoms with E-state index in [0.29, 0.717) is 0 Å². The molecule has 1 aromatic rings. The van der Waals surface area contributed by atoms with Crippen molar-refractivity contribution in [3.63, 3.8) is 0 Å². The lowest BCUT2D eigenvalue weighted by Crippen LogP contribution is -2.13. The van der Waals surface area contributed by atoms with Gasteiger partial charge in [-0.1, -0.05) is 0 Å². The molecule has 2 N–H and O–H groups in total. The topological polar surface area (TPSA) is 91.7 Å². The fourth-order valence-electron chi connectivity index (χ4n) is 0.971. The molecule has 5 nitrogen and oxygen atoms in total. The molecule has 1 unspecified atom stereocenters. The zero-order valence-corrected chi connectivity index (χ0v) is 9.08. The Kier molecular flexibility index (Phi) is 3.57. The van der Waals surface area contributed by atoms with E-state index in [-0.39, 0.29) is 0 Å². The molecule has 0 saturated carbocycles. The average Bonchev–Trinajstić information content (AvgIpc) is 2.12. The SMILES string of the molecule is O=S(O)c1c(F)c(F)c(S(=O)(=O)O)c(F)c1F. The van der Waals surface area contributed by atoms with Gasteiger partial charge in [-0.3, -0.25) is 4.55 Å². The highest BCUT2D eigenvalue weighted by molar-refractivity contribution is 7.85. The predicted octanol–water partition coefficient (Wildman–Crippen LogP) is 1.07. The molecule has 0 saturated heterocycles. The predicted molar refractivity (Wildman–Crippen MR) is 45.1 cm³/mol. The summed E-state index contributed by atoms with van der Waals surface area (Å²) < 4.78 is 100.0. The van der Waals surface area contributed by atoms with Crippen LogP contribution in [0, 0.1) is 23.3 Å². The zero-order valence-electron chi connectivity index (χ0n) is 7.45. The molecular weight excluding hydrogens is 292 g/mol. The number of halogens is 4. The number of benzene rings is 1. The maximum atomic E-state index is 13.0. The van der Waals surface area contributed by atoms with Crippen LogP contribution in [-0.4, -0.2) is 21.7 Å². The summed E-state index contributed by atoms with van der Waals surface area (Å²) in [6.45, 7) is 0. The minimum absolute atomic E-state index is 1.88. The van der Waals surface area contributed by atoms with Crippen molar-refractivity contribution in [3.05, 3.63) is 23.3 Å². The van der Waals surface area contributed by atoms with Crippen molar-refractivity contribution in [1.82, 2.24) is 0 Å². The maximum absolute atomic E-state index is 13.0. The summed E-state index contributed by atoms with van der Waals surface area (Å²) in [6, 6.07) is 0. The summed E-state index contributed by atoms with van der Waals surface area (Å²) in [5.74, 6) is -9.72. The Balaban J connectivity index is 3.91. The lowest BCUT2D eigenvalue weighted by atomic mass is 10.3. The van der Waals surface area contributed by atoms with Crippen molar-refractivity contribution in [2.45, 2.75) is 9.79 Å². The lowest BCUT2D eigenvalue weighted by Gasteiger charge is -2.07. The molecule has 0 heterocycles. The Hall–Kier alpha value is -1.04. The normalized spacial score (nSPS) is 13.8. The molecule has 11 heteroatoms. The van der Waals surface area contributed by atoms with Crippen molar-refractivity contribution in [2.24, 2.45) is 0 Å². The molecule has 1 rings (SSSR count). The monoisotopic (exact) mass is 294 g/mol. The second-order valence-corrected chi connectivity index (χ2v) is 4.90. The third-order valence-corrected chi connectivity index (χ3v) is 3.20. The van der Waals surface area contributed by atoms with Crippen LogP contribution in [-0.2, 0) is 21.2 Å². The van der Waals surface area contributed by atoms with E-state index >= 15 is 0 Å². The molecular formula is C6H2F4O5S2. The van der Waals surface area contributed by atoms with Crippen LogP contribution in [0.4, 0.5) is 17.6 Å². The Morgan fingerprint density at radius 3 is 1.53 bits per heavy atom. The standard InChI is InChI=1S/C6H2F4O5S2/c7-1-3(9)6(17(13,14)15)4(10)2(8)5(1)16(11)12/h(H,11,12)(H,13,14,15). The van der Waals surface area contributed by atoms with Crippen LogP contribution < -0.4 is 0 Å². The number of hydrogen-bond acceptors (Lipinski definition) is 3. The molecule has 0 bridgehead atoms. The van der Waals surface area contributed by atoms with Gasteiger partial charge in [-0.15, -0.1) is 0 Å². The van der Waals surface area contributed by atoms with Crippen molar-refractivity contribution >= 4 is 21.2 Å². The van der Waals surface area contributed by atoms with Crippen LogP contribution in [0.5, 0.6) is 0 Å².